The Balaban J connectivity index is 2.11. The topological polar surface area (TPSA) is 75.2 Å². The molecule has 6 nitrogen and oxygen atoms in total. The minimum Gasteiger partial charge on any atom is -0.357 e. The molecule has 1 N–H and O–H groups in total. The van der Waals surface area contributed by atoms with E-state index in [0.29, 0.717) is 0 Å². The fourth-order valence-corrected chi connectivity index (χ4v) is 3.51. The van der Waals surface area contributed by atoms with Gasteiger partial charge in [0.1, 0.15) is 4.90 Å². The summed E-state index contributed by atoms with van der Waals surface area (Å²) in [5.41, 5.74) is 0. The fraction of sp³-hybridized carbons (Fsp3) is 0.636. The highest BCUT2D eigenvalue weighted by atomic mass is 32.2. The summed E-state index contributed by atoms with van der Waals surface area (Å²) in [5, 5.41) is 2.65. The van der Waals surface area contributed by atoms with Crippen molar-refractivity contribution in [3.63, 3.8) is 0 Å². The quantitative estimate of drug-likeness (QED) is 0.911. The number of nitrogens with one attached hydrogen (secondary N) is 1. The summed E-state index contributed by atoms with van der Waals surface area (Å²) in [6, 6.07) is 0. The highest BCUT2D eigenvalue weighted by molar-refractivity contribution is 7.89. The lowest BCUT2D eigenvalue weighted by Crippen LogP contribution is -2.42. The molecule has 1 fully saturated rings. The van der Waals surface area contributed by atoms with Crippen LogP contribution in [0.1, 0.15) is 12.8 Å². The maximum atomic E-state index is 12.6. The zero-order valence-electron chi connectivity index (χ0n) is 11.3. The molecule has 0 radical (unpaired) electrons. The van der Waals surface area contributed by atoms with Crippen LogP contribution in [0.25, 0.3) is 0 Å². The molecule has 1 saturated heterocycles. The van der Waals surface area contributed by atoms with Crippen LogP contribution in [0.3, 0.4) is 0 Å². The van der Waals surface area contributed by atoms with E-state index in [-0.39, 0.29) is 36.8 Å². The molecule has 0 bridgehead atoms. The predicted molar refractivity (Wildman–Crippen MR) is 69.1 cm³/mol. The second-order valence-corrected chi connectivity index (χ2v) is 6.65. The van der Waals surface area contributed by atoms with Gasteiger partial charge >= 0.3 is 6.18 Å². The van der Waals surface area contributed by atoms with E-state index in [9.17, 15) is 21.6 Å². The maximum Gasteiger partial charge on any atom is 0.391 e. The number of halogens is 3. The summed E-state index contributed by atoms with van der Waals surface area (Å²) in [5.74, 6) is -1.17. The van der Waals surface area contributed by atoms with Crippen molar-refractivity contribution in [2.75, 3.05) is 25.5 Å². The van der Waals surface area contributed by atoms with E-state index >= 15 is 0 Å². The molecule has 1 aliphatic heterocycles. The molecule has 0 saturated carbocycles. The van der Waals surface area contributed by atoms with E-state index in [1.165, 1.54) is 0 Å². The smallest absolute Gasteiger partial charge is 0.357 e. The van der Waals surface area contributed by atoms with Crippen LogP contribution in [0.4, 0.5) is 19.1 Å². The van der Waals surface area contributed by atoms with Crippen LogP contribution in [0.2, 0.25) is 0 Å². The van der Waals surface area contributed by atoms with E-state index in [2.05, 4.69) is 15.3 Å². The lowest BCUT2D eigenvalue weighted by atomic mass is 9.98. The third-order valence-corrected chi connectivity index (χ3v) is 5.26. The van der Waals surface area contributed by atoms with Crippen LogP contribution in [0.15, 0.2) is 17.3 Å². The zero-order chi connectivity index (χ0) is 15.7. The molecular formula is C11H15F3N4O2S. The molecule has 10 heteroatoms. The molecule has 0 spiro atoms. The van der Waals surface area contributed by atoms with Crippen molar-refractivity contribution in [2.45, 2.75) is 23.9 Å². The molecular weight excluding hydrogens is 309 g/mol. The number of hydrogen-bond acceptors (Lipinski definition) is 5. The summed E-state index contributed by atoms with van der Waals surface area (Å²) in [7, 11) is -2.25. The van der Waals surface area contributed by atoms with Gasteiger partial charge in [0, 0.05) is 20.1 Å². The number of alkyl halides is 3. The zero-order valence-corrected chi connectivity index (χ0v) is 12.1. The Morgan fingerprint density at radius 2 is 1.76 bits per heavy atom. The molecule has 2 rings (SSSR count). The van der Waals surface area contributed by atoms with Crippen molar-refractivity contribution in [1.82, 2.24) is 14.3 Å². The monoisotopic (exact) mass is 324 g/mol. The Bertz CT molecular complexity index is 580. The first-order valence-corrected chi connectivity index (χ1v) is 7.76. The van der Waals surface area contributed by atoms with Crippen LogP contribution in [-0.2, 0) is 10.0 Å². The summed E-state index contributed by atoms with van der Waals surface area (Å²) < 4.78 is 63.4. The second-order valence-electron chi connectivity index (χ2n) is 4.71. The van der Waals surface area contributed by atoms with E-state index in [0.717, 1.165) is 16.7 Å². The van der Waals surface area contributed by atoms with Gasteiger partial charge in [0.05, 0.1) is 18.3 Å². The first-order valence-electron chi connectivity index (χ1n) is 6.32. The largest absolute Gasteiger partial charge is 0.391 e. The summed E-state index contributed by atoms with van der Waals surface area (Å²) >= 11 is 0. The van der Waals surface area contributed by atoms with Gasteiger partial charge < -0.3 is 5.32 Å². The lowest BCUT2D eigenvalue weighted by Gasteiger charge is -2.31. The highest BCUT2D eigenvalue weighted by Crippen LogP contribution is 2.35. The van der Waals surface area contributed by atoms with Crippen molar-refractivity contribution >= 4 is 16.0 Å². The van der Waals surface area contributed by atoms with Gasteiger partial charge in [0.15, 0.2) is 0 Å². The van der Waals surface area contributed by atoms with Gasteiger partial charge in [-0.25, -0.2) is 18.4 Å². The van der Waals surface area contributed by atoms with Gasteiger partial charge in [-0.2, -0.15) is 17.5 Å². The van der Waals surface area contributed by atoms with E-state index < -0.39 is 22.1 Å². The average Bonchev–Trinajstić information content (AvgIpc) is 2.46. The molecule has 1 aromatic heterocycles. The van der Waals surface area contributed by atoms with Gasteiger partial charge in [-0.3, -0.25) is 0 Å². The molecule has 118 valence electrons. The Morgan fingerprint density at radius 1 is 1.24 bits per heavy atom. The number of sulfonamides is 1. The number of aromatic nitrogens is 2. The standard InChI is InChI=1S/C11H15F3N4O2S/c1-15-10-16-6-9(7-17-10)21(19,20)18-4-2-8(3-5-18)11(12,13)14/h6-8H,2-5H2,1H3,(H,15,16,17). The predicted octanol–water partition coefficient (Wildman–Crippen LogP) is 1.48. The Labute approximate surface area is 120 Å². The number of nitrogens with zero attached hydrogens (tertiary/aromatic N) is 3. The molecule has 1 aromatic rings. The van der Waals surface area contributed by atoms with Gasteiger partial charge in [0.2, 0.25) is 16.0 Å². The van der Waals surface area contributed by atoms with Gasteiger partial charge in [-0.15, -0.1) is 0 Å². The minimum atomic E-state index is -4.27. The average molecular weight is 324 g/mol. The van der Waals surface area contributed by atoms with Crippen LogP contribution < -0.4 is 5.32 Å². The van der Waals surface area contributed by atoms with E-state index in [1.807, 2.05) is 0 Å². The number of hydrogen-bond donors (Lipinski definition) is 1. The highest BCUT2D eigenvalue weighted by Gasteiger charge is 2.43. The Morgan fingerprint density at radius 3 is 2.19 bits per heavy atom. The van der Waals surface area contributed by atoms with Crippen LogP contribution in [-0.4, -0.2) is 49.0 Å². The van der Waals surface area contributed by atoms with Crippen molar-refractivity contribution in [2.24, 2.45) is 5.92 Å². The summed E-state index contributed by atoms with van der Waals surface area (Å²) in [6.07, 6.45) is -2.43. The fourth-order valence-electron chi connectivity index (χ4n) is 2.15. The molecule has 2 heterocycles. The molecule has 0 amide bonds. The number of piperidine rings is 1. The third kappa shape index (κ3) is 3.43. The maximum absolute atomic E-state index is 12.6. The van der Waals surface area contributed by atoms with E-state index in [1.54, 1.807) is 7.05 Å². The van der Waals surface area contributed by atoms with Crippen LogP contribution in [0.5, 0.6) is 0 Å². The van der Waals surface area contributed by atoms with Crippen molar-refractivity contribution in [3.05, 3.63) is 12.4 Å². The van der Waals surface area contributed by atoms with Gasteiger partial charge in [-0.1, -0.05) is 0 Å². The second kappa shape index (κ2) is 5.76. The number of rotatable bonds is 3. The lowest BCUT2D eigenvalue weighted by molar-refractivity contribution is -0.182. The molecule has 0 aromatic carbocycles. The van der Waals surface area contributed by atoms with Crippen LogP contribution in [0, 0.1) is 5.92 Å². The van der Waals surface area contributed by atoms with Gasteiger partial charge in [0.25, 0.3) is 0 Å². The summed E-state index contributed by atoms with van der Waals surface area (Å²) in [4.78, 5) is 7.49. The molecule has 1 aliphatic rings. The molecule has 21 heavy (non-hydrogen) atoms. The third-order valence-electron chi connectivity index (χ3n) is 3.41. The Kier molecular flexibility index (Phi) is 4.38. The molecule has 0 unspecified atom stereocenters. The first-order chi connectivity index (χ1) is 9.75. The van der Waals surface area contributed by atoms with Crippen molar-refractivity contribution in [3.8, 4) is 0 Å². The molecule has 0 atom stereocenters. The van der Waals surface area contributed by atoms with Crippen LogP contribution >= 0.6 is 0 Å². The van der Waals surface area contributed by atoms with E-state index in [4.69, 9.17) is 0 Å². The number of anilines is 1. The Hall–Kier alpha value is -1.42. The summed E-state index contributed by atoms with van der Waals surface area (Å²) in [6.45, 7) is -0.305. The normalized spacial score (nSPS) is 18.7. The molecule has 0 aliphatic carbocycles. The minimum absolute atomic E-state index is 0.119. The van der Waals surface area contributed by atoms with Gasteiger partial charge in [-0.05, 0) is 12.8 Å². The van der Waals surface area contributed by atoms with Crippen molar-refractivity contribution in [1.29, 1.82) is 0 Å². The first kappa shape index (κ1) is 16.0. The SMILES string of the molecule is CNc1ncc(S(=O)(=O)N2CCC(C(F)(F)F)CC2)cn1. The van der Waals surface area contributed by atoms with Crippen molar-refractivity contribution < 1.29 is 21.6 Å².